The molecule has 22 heavy (non-hydrogen) atoms. The van der Waals surface area contributed by atoms with E-state index in [9.17, 15) is 4.79 Å². The van der Waals surface area contributed by atoms with Crippen molar-refractivity contribution in [2.45, 2.75) is 44.6 Å². The third-order valence-corrected chi connectivity index (χ3v) is 4.60. The third kappa shape index (κ3) is 3.58. The number of rotatable bonds is 4. The van der Waals surface area contributed by atoms with Crippen molar-refractivity contribution in [1.82, 2.24) is 15.3 Å². The summed E-state index contributed by atoms with van der Waals surface area (Å²) in [6.45, 7) is 1.41. The molecular formula is C15H23N5O2. The van der Waals surface area contributed by atoms with Crippen LogP contribution in [0.2, 0.25) is 0 Å². The minimum Gasteiger partial charge on any atom is -0.465 e. The van der Waals surface area contributed by atoms with E-state index in [0.29, 0.717) is 18.4 Å². The summed E-state index contributed by atoms with van der Waals surface area (Å²) in [4.78, 5) is 21.5. The second-order valence-corrected chi connectivity index (χ2v) is 6.31. The molecule has 1 aliphatic heterocycles. The number of carbonyl (C=O) groups is 1. The zero-order valence-electron chi connectivity index (χ0n) is 12.7. The number of aromatic nitrogens is 2. The molecule has 1 amide bonds. The molecule has 1 aromatic heterocycles. The average Bonchev–Trinajstić information content (AvgIpc) is 3.09. The molecule has 120 valence electrons. The molecule has 0 bridgehead atoms. The van der Waals surface area contributed by atoms with Gasteiger partial charge in [-0.3, -0.25) is 0 Å². The highest BCUT2D eigenvalue weighted by Crippen LogP contribution is 2.29. The smallest absolute Gasteiger partial charge is 0.404 e. The first-order valence-corrected chi connectivity index (χ1v) is 7.98. The highest BCUT2D eigenvalue weighted by Gasteiger charge is 2.25. The average molecular weight is 305 g/mol. The van der Waals surface area contributed by atoms with E-state index in [0.717, 1.165) is 30.9 Å². The first kappa shape index (κ1) is 14.9. The number of nitrogens with zero attached hydrogens (tertiary/aromatic N) is 3. The Morgan fingerprint density at radius 1 is 1.36 bits per heavy atom. The Morgan fingerprint density at radius 2 is 2.14 bits per heavy atom. The van der Waals surface area contributed by atoms with Crippen LogP contribution in [-0.4, -0.2) is 40.3 Å². The minimum atomic E-state index is -0.976. The number of carboxylic acid groups (broad SMARTS) is 1. The van der Waals surface area contributed by atoms with Gasteiger partial charge in [0.15, 0.2) is 0 Å². The van der Waals surface area contributed by atoms with E-state index in [1.807, 2.05) is 6.07 Å². The molecule has 1 saturated carbocycles. The van der Waals surface area contributed by atoms with Crippen LogP contribution in [-0.2, 0) is 6.42 Å². The van der Waals surface area contributed by atoms with Crippen molar-refractivity contribution in [3.8, 4) is 0 Å². The molecule has 1 unspecified atom stereocenters. The summed E-state index contributed by atoms with van der Waals surface area (Å²) in [7, 11) is 0. The fraction of sp³-hybridized carbons (Fsp3) is 0.667. The van der Waals surface area contributed by atoms with Gasteiger partial charge >= 0.3 is 6.09 Å². The summed E-state index contributed by atoms with van der Waals surface area (Å²) in [5.41, 5.74) is 6.86. The zero-order chi connectivity index (χ0) is 15.5. The van der Waals surface area contributed by atoms with Crippen LogP contribution in [0, 0.1) is 5.92 Å². The fourth-order valence-corrected chi connectivity index (χ4v) is 3.54. The number of nitrogens with one attached hydrogen (secondary N) is 1. The van der Waals surface area contributed by atoms with Gasteiger partial charge in [0.25, 0.3) is 0 Å². The van der Waals surface area contributed by atoms with Crippen molar-refractivity contribution >= 4 is 17.9 Å². The quantitative estimate of drug-likeness (QED) is 0.781. The summed E-state index contributed by atoms with van der Waals surface area (Å²) < 4.78 is 0. The molecule has 1 saturated heterocycles. The number of nitrogens with two attached hydrogens (primary N) is 1. The topological polar surface area (TPSA) is 104 Å². The number of hydrogen-bond acceptors (Lipinski definition) is 5. The van der Waals surface area contributed by atoms with Gasteiger partial charge in [-0.25, -0.2) is 9.78 Å². The van der Waals surface area contributed by atoms with Crippen LogP contribution in [0.4, 0.5) is 16.6 Å². The lowest BCUT2D eigenvalue weighted by Crippen LogP contribution is -2.36. The Balaban J connectivity index is 1.68. The molecule has 1 aromatic rings. The second kappa shape index (κ2) is 6.37. The van der Waals surface area contributed by atoms with Crippen LogP contribution in [0.15, 0.2) is 6.07 Å². The Hall–Kier alpha value is -2.05. The standard InChI is InChI=1S/C15H23N5O2/c16-14-17-12(7-10-3-1-2-4-10)8-13(19-14)20-6-5-11(9-20)18-15(21)22/h8,10-11,18H,1-7,9H2,(H,21,22)(H2,16,17,19). The van der Waals surface area contributed by atoms with Crippen molar-refractivity contribution in [1.29, 1.82) is 0 Å². The zero-order valence-corrected chi connectivity index (χ0v) is 12.7. The van der Waals surface area contributed by atoms with E-state index in [4.69, 9.17) is 10.8 Å². The summed E-state index contributed by atoms with van der Waals surface area (Å²) in [6, 6.07) is 1.96. The molecule has 4 N–H and O–H groups in total. The number of hydrogen-bond donors (Lipinski definition) is 3. The maximum absolute atomic E-state index is 10.7. The Morgan fingerprint density at radius 3 is 2.86 bits per heavy atom. The predicted octanol–water partition coefficient (Wildman–Crippen LogP) is 1.64. The molecule has 7 heteroatoms. The van der Waals surface area contributed by atoms with E-state index in [1.54, 1.807) is 0 Å². The van der Waals surface area contributed by atoms with Crippen LogP contribution in [0.3, 0.4) is 0 Å². The van der Waals surface area contributed by atoms with Crippen molar-refractivity contribution in [3.63, 3.8) is 0 Å². The molecular weight excluding hydrogens is 282 g/mol. The van der Waals surface area contributed by atoms with Gasteiger partial charge in [-0.1, -0.05) is 25.7 Å². The van der Waals surface area contributed by atoms with Gasteiger partial charge in [-0.15, -0.1) is 0 Å². The summed E-state index contributed by atoms with van der Waals surface area (Å²) in [5, 5.41) is 11.3. The highest BCUT2D eigenvalue weighted by molar-refractivity contribution is 5.65. The van der Waals surface area contributed by atoms with Crippen molar-refractivity contribution in [2.75, 3.05) is 23.7 Å². The van der Waals surface area contributed by atoms with Crippen LogP contribution in [0.1, 0.15) is 37.8 Å². The molecule has 2 aliphatic rings. The van der Waals surface area contributed by atoms with Crippen molar-refractivity contribution in [3.05, 3.63) is 11.8 Å². The van der Waals surface area contributed by atoms with E-state index < -0.39 is 6.09 Å². The maximum atomic E-state index is 10.7. The molecule has 0 aromatic carbocycles. The van der Waals surface area contributed by atoms with E-state index in [2.05, 4.69) is 20.2 Å². The molecule has 0 radical (unpaired) electrons. The lowest BCUT2D eigenvalue weighted by atomic mass is 10.0. The molecule has 2 fully saturated rings. The third-order valence-electron chi connectivity index (χ3n) is 4.60. The molecule has 2 heterocycles. The molecule has 1 aliphatic carbocycles. The van der Waals surface area contributed by atoms with E-state index in [-0.39, 0.29) is 6.04 Å². The predicted molar refractivity (Wildman–Crippen MR) is 83.9 cm³/mol. The summed E-state index contributed by atoms with van der Waals surface area (Å²) in [6.07, 6.45) is 5.94. The second-order valence-electron chi connectivity index (χ2n) is 6.31. The Kier molecular flexibility index (Phi) is 4.31. The van der Waals surface area contributed by atoms with Crippen LogP contribution in [0.25, 0.3) is 0 Å². The molecule has 7 nitrogen and oxygen atoms in total. The number of nitrogen functional groups attached to an aromatic ring is 1. The van der Waals surface area contributed by atoms with E-state index >= 15 is 0 Å². The number of amides is 1. The van der Waals surface area contributed by atoms with Gasteiger partial charge in [0.2, 0.25) is 5.95 Å². The van der Waals surface area contributed by atoms with Crippen LogP contribution < -0.4 is 16.0 Å². The molecule has 1 atom stereocenters. The molecule has 3 rings (SSSR count). The summed E-state index contributed by atoms with van der Waals surface area (Å²) in [5.74, 6) is 1.83. The van der Waals surface area contributed by atoms with Crippen LogP contribution in [0.5, 0.6) is 0 Å². The van der Waals surface area contributed by atoms with Gasteiger partial charge in [-0.2, -0.15) is 4.98 Å². The van der Waals surface area contributed by atoms with Gasteiger partial charge in [0, 0.05) is 24.8 Å². The maximum Gasteiger partial charge on any atom is 0.404 e. The normalized spacial score (nSPS) is 22.2. The van der Waals surface area contributed by atoms with Gasteiger partial charge in [0.1, 0.15) is 5.82 Å². The van der Waals surface area contributed by atoms with Gasteiger partial charge in [0.05, 0.1) is 6.04 Å². The Bertz CT molecular complexity index is 545. The first-order chi connectivity index (χ1) is 10.6. The van der Waals surface area contributed by atoms with Crippen molar-refractivity contribution in [2.24, 2.45) is 5.92 Å². The minimum absolute atomic E-state index is 0.0491. The SMILES string of the molecule is Nc1nc(CC2CCCC2)cc(N2CCC(NC(=O)O)C2)n1. The lowest BCUT2D eigenvalue weighted by molar-refractivity contribution is 0.191. The monoisotopic (exact) mass is 305 g/mol. The summed E-state index contributed by atoms with van der Waals surface area (Å²) >= 11 is 0. The van der Waals surface area contributed by atoms with Crippen LogP contribution >= 0.6 is 0 Å². The van der Waals surface area contributed by atoms with Crippen molar-refractivity contribution < 1.29 is 9.90 Å². The fourth-order valence-electron chi connectivity index (χ4n) is 3.54. The Labute approximate surface area is 129 Å². The van der Waals surface area contributed by atoms with Gasteiger partial charge in [-0.05, 0) is 18.8 Å². The van der Waals surface area contributed by atoms with Gasteiger partial charge < -0.3 is 21.1 Å². The largest absolute Gasteiger partial charge is 0.465 e. The number of anilines is 2. The highest BCUT2D eigenvalue weighted by atomic mass is 16.4. The first-order valence-electron chi connectivity index (χ1n) is 7.98. The van der Waals surface area contributed by atoms with E-state index in [1.165, 1.54) is 25.7 Å². The lowest BCUT2D eigenvalue weighted by Gasteiger charge is -2.19. The molecule has 0 spiro atoms.